The molecule has 0 fully saturated rings. The summed E-state index contributed by atoms with van der Waals surface area (Å²) in [7, 11) is 0. The van der Waals surface area contributed by atoms with Crippen LogP contribution in [0.2, 0.25) is 0 Å². The number of hydrogen-bond donors (Lipinski definition) is 2. The van der Waals surface area contributed by atoms with Gasteiger partial charge in [0.25, 0.3) is 0 Å². The van der Waals surface area contributed by atoms with Crippen molar-refractivity contribution in [1.29, 1.82) is 0 Å². The van der Waals surface area contributed by atoms with Crippen molar-refractivity contribution in [2.24, 2.45) is 0 Å². The van der Waals surface area contributed by atoms with E-state index in [0.717, 1.165) is 37.1 Å². The summed E-state index contributed by atoms with van der Waals surface area (Å²) in [4.78, 5) is 0. The summed E-state index contributed by atoms with van der Waals surface area (Å²) in [5, 5.41) is 0. The molecule has 4 rings (SSSR count). The normalized spacial score (nSPS) is 11.4. The number of aryl methyl sites for hydroxylation is 4. The van der Waals surface area contributed by atoms with Gasteiger partial charge in [-0.1, -0.05) is 196 Å². The lowest BCUT2D eigenvalue weighted by Gasteiger charge is -2.09. The third-order valence-corrected chi connectivity index (χ3v) is 11.8. The smallest absolute Gasteiger partial charge is 0.0346 e. The average molecular weight is 743 g/mol. The van der Waals surface area contributed by atoms with Crippen molar-refractivity contribution in [2.45, 2.75) is 187 Å². The Labute approximate surface area is 338 Å². The SMILES string of the molecule is CCCCc1cc(Cc2ccc(CCCCCCCCCCCCCCCCCCCc3ccc(Cc4ccc(N)c(CCCC)c4)cc3)cc2)ccc1N. The molecule has 300 valence electrons. The van der Waals surface area contributed by atoms with Crippen LogP contribution in [0.4, 0.5) is 11.4 Å². The fraction of sp³-hybridized carbons (Fsp3) is 0.547. The predicted octanol–water partition coefficient (Wildman–Crippen LogP) is 15.1. The molecular weight excluding hydrogens is 665 g/mol. The molecule has 55 heavy (non-hydrogen) atoms. The lowest BCUT2D eigenvalue weighted by atomic mass is 9.97. The van der Waals surface area contributed by atoms with Gasteiger partial charge in [0.2, 0.25) is 0 Å². The van der Waals surface area contributed by atoms with E-state index in [1.165, 1.54) is 192 Å². The first kappa shape index (κ1) is 44.2. The highest BCUT2D eigenvalue weighted by Crippen LogP contribution is 2.22. The number of anilines is 2. The zero-order chi connectivity index (χ0) is 38.8. The Morgan fingerprint density at radius 3 is 0.873 bits per heavy atom. The molecule has 0 radical (unpaired) electrons. The Morgan fingerprint density at radius 1 is 0.291 bits per heavy atom. The summed E-state index contributed by atoms with van der Waals surface area (Å²) in [6, 6.07) is 31.9. The van der Waals surface area contributed by atoms with Gasteiger partial charge in [0.1, 0.15) is 0 Å². The van der Waals surface area contributed by atoms with Gasteiger partial charge in [-0.2, -0.15) is 0 Å². The van der Waals surface area contributed by atoms with Crippen LogP contribution in [0.25, 0.3) is 0 Å². The van der Waals surface area contributed by atoms with Crippen LogP contribution in [0.5, 0.6) is 0 Å². The van der Waals surface area contributed by atoms with E-state index < -0.39 is 0 Å². The lowest BCUT2D eigenvalue weighted by Crippen LogP contribution is -1.97. The summed E-state index contributed by atoms with van der Waals surface area (Å²) in [5.74, 6) is 0. The number of hydrogen-bond acceptors (Lipinski definition) is 2. The van der Waals surface area contributed by atoms with Gasteiger partial charge in [-0.25, -0.2) is 0 Å². The van der Waals surface area contributed by atoms with Crippen molar-refractivity contribution in [3.63, 3.8) is 0 Å². The number of nitrogens with two attached hydrogens (primary N) is 2. The molecule has 4 aromatic carbocycles. The van der Waals surface area contributed by atoms with Crippen molar-refractivity contribution in [3.05, 3.63) is 129 Å². The van der Waals surface area contributed by atoms with Gasteiger partial charge in [0.05, 0.1) is 0 Å². The van der Waals surface area contributed by atoms with Gasteiger partial charge in [-0.05, 0) is 121 Å². The fourth-order valence-electron chi connectivity index (χ4n) is 8.13. The van der Waals surface area contributed by atoms with Gasteiger partial charge in [0.15, 0.2) is 0 Å². The van der Waals surface area contributed by atoms with E-state index in [0.29, 0.717) is 0 Å². The monoisotopic (exact) mass is 743 g/mol. The van der Waals surface area contributed by atoms with Gasteiger partial charge < -0.3 is 11.5 Å². The minimum atomic E-state index is 0.943. The Kier molecular flexibility index (Phi) is 21.8. The molecule has 0 bridgehead atoms. The first-order chi connectivity index (χ1) is 27.0. The third kappa shape index (κ3) is 18.3. The lowest BCUT2D eigenvalue weighted by molar-refractivity contribution is 0.525. The van der Waals surface area contributed by atoms with Crippen LogP contribution in [0.1, 0.15) is 193 Å². The van der Waals surface area contributed by atoms with Crippen LogP contribution in [0.15, 0.2) is 84.9 Å². The fourth-order valence-corrected chi connectivity index (χ4v) is 8.13. The third-order valence-electron chi connectivity index (χ3n) is 11.8. The van der Waals surface area contributed by atoms with Crippen LogP contribution in [0.3, 0.4) is 0 Å². The average Bonchev–Trinajstić information content (AvgIpc) is 3.20. The minimum absolute atomic E-state index is 0.943. The maximum absolute atomic E-state index is 6.21. The molecule has 0 aliphatic heterocycles. The van der Waals surface area contributed by atoms with Crippen LogP contribution in [0, 0.1) is 0 Å². The summed E-state index contributed by atoms with van der Waals surface area (Å²) >= 11 is 0. The molecule has 0 aromatic heterocycles. The van der Waals surface area contributed by atoms with Crippen molar-refractivity contribution in [1.82, 2.24) is 0 Å². The van der Waals surface area contributed by atoms with Gasteiger partial charge in [-0.15, -0.1) is 0 Å². The Bertz CT molecular complexity index is 1450. The van der Waals surface area contributed by atoms with Gasteiger partial charge >= 0.3 is 0 Å². The van der Waals surface area contributed by atoms with Gasteiger partial charge in [0, 0.05) is 11.4 Å². The molecule has 4 N–H and O–H groups in total. The number of benzene rings is 4. The molecule has 2 nitrogen and oxygen atoms in total. The second kappa shape index (κ2) is 27.1. The molecule has 0 amide bonds. The summed E-state index contributed by atoms with van der Waals surface area (Å²) in [6.07, 6.45) is 35.3. The largest absolute Gasteiger partial charge is 0.399 e. The standard InChI is InChI=1S/C53H78N2/c1-3-5-26-50-42-48(36-38-52(50)54)40-46-32-28-44(29-33-46)24-22-20-18-16-14-12-10-8-7-9-11-13-15-17-19-21-23-25-45-30-34-47(35-31-45)41-49-37-39-53(55)51(43-49)27-6-4-2/h28-39,42-43H,3-27,40-41,54-55H2,1-2H3. The highest BCUT2D eigenvalue weighted by atomic mass is 14.6. The molecule has 2 heteroatoms. The molecule has 0 aliphatic rings. The Hall–Kier alpha value is -3.52. The Balaban J connectivity index is 0.897. The van der Waals surface area contributed by atoms with Gasteiger partial charge in [-0.3, -0.25) is 0 Å². The summed E-state index contributed by atoms with van der Waals surface area (Å²) in [5.41, 5.74) is 25.4. The number of nitrogen functional groups attached to an aromatic ring is 2. The van der Waals surface area contributed by atoms with Crippen LogP contribution in [-0.2, 0) is 38.5 Å². The molecule has 0 saturated carbocycles. The first-order valence-corrected chi connectivity index (χ1v) is 22.9. The van der Waals surface area contributed by atoms with Crippen LogP contribution < -0.4 is 11.5 Å². The van der Waals surface area contributed by atoms with E-state index in [9.17, 15) is 0 Å². The van der Waals surface area contributed by atoms with Crippen molar-refractivity contribution < 1.29 is 0 Å². The quantitative estimate of drug-likeness (QED) is 0.0413. The molecule has 4 aromatic rings. The maximum Gasteiger partial charge on any atom is 0.0346 e. The summed E-state index contributed by atoms with van der Waals surface area (Å²) in [6.45, 7) is 4.48. The second-order valence-electron chi connectivity index (χ2n) is 16.8. The second-order valence-corrected chi connectivity index (χ2v) is 16.8. The molecule has 0 unspecified atom stereocenters. The van der Waals surface area contributed by atoms with Crippen molar-refractivity contribution in [2.75, 3.05) is 11.5 Å². The topological polar surface area (TPSA) is 52.0 Å². The predicted molar refractivity (Wildman–Crippen MR) is 243 cm³/mol. The highest BCUT2D eigenvalue weighted by molar-refractivity contribution is 5.50. The van der Waals surface area contributed by atoms with E-state index in [2.05, 4.69) is 98.8 Å². The molecule has 0 saturated heterocycles. The van der Waals surface area contributed by atoms with E-state index in [1.807, 2.05) is 0 Å². The molecule has 0 atom stereocenters. The Morgan fingerprint density at radius 2 is 0.564 bits per heavy atom. The van der Waals surface area contributed by atoms with Crippen molar-refractivity contribution >= 4 is 11.4 Å². The van der Waals surface area contributed by atoms with E-state index in [4.69, 9.17) is 11.5 Å². The number of rotatable bonds is 30. The molecular formula is C53H78N2. The maximum atomic E-state index is 6.21. The van der Waals surface area contributed by atoms with Crippen LogP contribution >= 0.6 is 0 Å². The summed E-state index contributed by atoms with van der Waals surface area (Å²) < 4.78 is 0. The van der Waals surface area contributed by atoms with E-state index >= 15 is 0 Å². The molecule has 0 aliphatic carbocycles. The zero-order valence-corrected chi connectivity index (χ0v) is 35.3. The zero-order valence-electron chi connectivity index (χ0n) is 35.3. The van der Waals surface area contributed by atoms with Crippen molar-refractivity contribution in [3.8, 4) is 0 Å². The molecule has 0 spiro atoms. The minimum Gasteiger partial charge on any atom is -0.399 e. The van der Waals surface area contributed by atoms with E-state index in [1.54, 1.807) is 0 Å². The highest BCUT2D eigenvalue weighted by Gasteiger charge is 2.05. The number of unbranched alkanes of at least 4 members (excludes halogenated alkanes) is 18. The van der Waals surface area contributed by atoms with Crippen LogP contribution in [-0.4, -0.2) is 0 Å². The molecule has 0 heterocycles. The first-order valence-electron chi connectivity index (χ1n) is 22.9. The van der Waals surface area contributed by atoms with E-state index in [-0.39, 0.29) is 0 Å².